The molecule has 1 atom stereocenters. The summed E-state index contributed by atoms with van der Waals surface area (Å²) in [7, 11) is -3.79. The minimum atomic E-state index is -3.79. The lowest BCUT2D eigenvalue weighted by atomic mass is 9.82. The van der Waals surface area contributed by atoms with Crippen molar-refractivity contribution in [2.75, 3.05) is 18.4 Å². The first-order valence-corrected chi connectivity index (χ1v) is 11.4. The second-order valence-corrected chi connectivity index (χ2v) is 9.96. The number of nitrogens with one attached hydrogen (secondary N) is 2. The monoisotopic (exact) mass is 447 g/mol. The summed E-state index contributed by atoms with van der Waals surface area (Å²) in [5.41, 5.74) is 0.248. The number of hydrogen-bond acceptors (Lipinski definition) is 4. The number of anilines is 1. The largest absolute Gasteiger partial charge is 0.352 e. The third-order valence-corrected chi connectivity index (χ3v) is 7.22. The molecule has 9 heteroatoms. The summed E-state index contributed by atoms with van der Waals surface area (Å²) >= 11 is 0. The summed E-state index contributed by atoms with van der Waals surface area (Å²) in [5.74, 6) is -0.887. The zero-order chi connectivity index (χ0) is 22.6. The zero-order valence-electron chi connectivity index (χ0n) is 17.5. The van der Waals surface area contributed by atoms with E-state index in [1.165, 1.54) is 47.6 Å². The molecule has 2 aromatic carbocycles. The fraction of sp³-hybridized carbons (Fsp3) is 0.364. The topological polar surface area (TPSA) is 95.6 Å². The quantitative estimate of drug-likeness (QED) is 0.712. The van der Waals surface area contributed by atoms with E-state index in [1.807, 2.05) is 0 Å². The van der Waals surface area contributed by atoms with E-state index in [2.05, 4.69) is 10.6 Å². The predicted octanol–water partition coefficient (Wildman–Crippen LogP) is 2.89. The predicted molar refractivity (Wildman–Crippen MR) is 115 cm³/mol. The molecule has 1 heterocycles. The lowest BCUT2D eigenvalue weighted by Gasteiger charge is -2.38. The van der Waals surface area contributed by atoms with Gasteiger partial charge in [0.05, 0.1) is 10.3 Å². The van der Waals surface area contributed by atoms with Crippen LogP contribution in [0.15, 0.2) is 53.4 Å². The Labute approximate surface area is 181 Å². The van der Waals surface area contributed by atoms with E-state index in [0.717, 1.165) is 0 Å². The van der Waals surface area contributed by atoms with E-state index in [0.29, 0.717) is 30.6 Å². The van der Waals surface area contributed by atoms with Gasteiger partial charge in [-0.15, -0.1) is 0 Å². The first-order chi connectivity index (χ1) is 14.6. The molecule has 1 saturated heterocycles. The van der Waals surface area contributed by atoms with Gasteiger partial charge in [-0.2, -0.15) is 4.31 Å². The van der Waals surface area contributed by atoms with Crippen molar-refractivity contribution in [2.24, 2.45) is 5.41 Å². The van der Waals surface area contributed by atoms with Gasteiger partial charge in [0.25, 0.3) is 0 Å². The first-order valence-electron chi connectivity index (χ1n) is 10.0. The summed E-state index contributed by atoms with van der Waals surface area (Å²) in [6, 6.07) is 11.9. The van der Waals surface area contributed by atoms with Gasteiger partial charge in [-0.05, 0) is 61.7 Å². The Balaban J connectivity index is 1.70. The number of halogens is 1. The second-order valence-electron chi connectivity index (χ2n) is 8.02. The fourth-order valence-corrected chi connectivity index (χ4v) is 5.29. The van der Waals surface area contributed by atoms with Crippen LogP contribution in [0.25, 0.3) is 0 Å². The average molecular weight is 448 g/mol. The highest BCUT2D eigenvalue weighted by Crippen LogP contribution is 2.33. The van der Waals surface area contributed by atoms with Crippen LogP contribution in [0.1, 0.15) is 32.3 Å². The van der Waals surface area contributed by atoms with Gasteiger partial charge < -0.3 is 10.6 Å². The van der Waals surface area contributed by atoms with Crippen LogP contribution in [-0.4, -0.2) is 37.6 Å². The minimum absolute atomic E-state index is 0.0533. The molecule has 31 heavy (non-hydrogen) atoms. The molecule has 0 bridgehead atoms. The van der Waals surface area contributed by atoms with E-state index >= 15 is 0 Å². The highest BCUT2D eigenvalue weighted by atomic mass is 32.2. The molecule has 1 aliphatic rings. The minimum Gasteiger partial charge on any atom is -0.352 e. The molecule has 0 aliphatic carbocycles. The molecule has 2 N–H and O–H groups in total. The molecule has 166 valence electrons. The lowest BCUT2D eigenvalue weighted by molar-refractivity contribution is -0.132. The number of amides is 2. The first kappa shape index (κ1) is 22.9. The molecular weight excluding hydrogens is 421 g/mol. The molecular formula is C22H26FN3O4S. The smallest absolute Gasteiger partial charge is 0.243 e. The van der Waals surface area contributed by atoms with Crippen molar-refractivity contribution in [1.29, 1.82) is 0 Å². The highest BCUT2D eigenvalue weighted by Gasteiger charge is 2.41. The Kier molecular flexibility index (Phi) is 6.76. The van der Waals surface area contributed by atoms with Gasteiger partial charge in [0.15, 0.2) is 0 Å². The van der Waals surface area contributed by atoms with Crippen LogP contribution in [0, 0.1) is 11.2 Å². The zero-order valence-corrected chi connectivity index (χ0v) is 18.3. The van der Waals surface area contributed by atoms with E-state index < -0.39 is 15.4 Å². The number of piperidine rings is 1. The van der Waals surface area contributed by atoms with Gasteiger partial charge in [-0.3, -0.25) is 9.59 Å². The van der Waals surface area contributed by atoms with Crippen LogP contribution >= 0.6 is 0 Å². The van der Waals surface area contributed by atoms with Gasteiger partial charge in [0.1, 0.15) is 5.82 Å². The Morgan fingerprint density at radius 1 is 1.16 bits per heavy atom. The van der Waals surface area contributed by atoms with Crippen LogP contribution in [0.5, 0.6) is 0 Å². The molecule has 0 saturated carbocycles. The van der Waals surface area contributed by atoms with Gasteiger partial charge in [-0.25, -0.2) is 12.8 Å². The van der Waals surface area contributed by atoms with Crippen molar-refractivity contribution in [3.05, 3.63) is 59.9 Å². The number of hydrogen-bond donors (Lipinski definition) is 2. The molecule has 0 radical (unpaired) electrons. The normalized spacial score (nSPS) is 19.6. The molecule has 2 aromatic rings. The Morgan fingerprint density at radius 3 is 2.52 bits per heavy atom. The van der Waals surface area contributed by atoms with Gasteiger partial charge >= 0.3 is 0 Å². The molecule has 1 fully saturated rings. The van der Waals surface area contributed by atoms with Gasteiger partial charge in [0.2, 0.25) is 21.8 Å². The maximum absolute atomic E-state index is 13.3. The molecule has 3 rings (SSSR count). The van der Waals surface area contributed by atoms with E-state index in [1.54, 1.807) is 19.1 Å². The molecule has 0 spiro atoms. The third kappa shape index (κ3) is 5.48. The number of carbonyl (C=O) groups excluding carboxylic acids is 2. The number of sulfonamides is 1. The number of benzene rings is 2. The van der Waals surface area contributed by atoms with Crippen molar-refractivity contribution in [3.8, 4) is 0 Å². The van der Waals surface area contributed by atoms with E-state index in [4.69, 9.17) is 0 Å². The van der Waals surface area contributed by atoms with Gasteiger partial charge in [0, 0.05) is 32.2 Å². The fourth-order valence-electron chi connectivity index (χ4n) is 3.69. The van der Waals surface area contributed by atoms with Crippen molar-refractivity contribution in [2.45, 2.75) is 38.1 Å². The average Bonchev–Trinajstić information content (AvgIpc) is 2.72. The molecule has 0 aromatic heterocycles. The highest BCUT2D eigenvalue weighted by molar-refractivity contribution is 7.89. The molecule has 7 nitrogen and oxygen atoms in total. The third-order valence-electron chi connectivity index (χ3n) is 5.36. The van der Waals surface area contributed by atoms with Crippen molar-refractivity contribution >= 4 is 27.5 Å². The van der Waals surface area contributed by atoms with Gasteiger partial charge in [-0.1, -0.05) is 12.1 Å². The van der Waals surface area contributed by atoms with Crippen LogP contribution in [-0.2, 0) is 26.2 Å². The van der Waals surface area contributed by atoms with Crippen LogP contribution in [0.3, 0.4) is 0 Å². The molecule has 2 amide bonds. The Hall–Kier alpha value is -2.78. The van der Waals surface area contributed by atoms with Crippen molar-refractivity contribution in [1.82, 2.24) is 9.62 Å². The summed E-state index contributed by atoms with van der Waals surface area (Å²) < 4.78 is 40.9. The standard InChI is InChI=1S/C22H26FN3O4S/c1-16(27)25-19-7-9-20(10-8-19)31(29,30)26-12-4-11-22(2,15-26)21(28)24-14-17-5-3-6-18(23)13-17/h3,5-10,13H,4,11-12,14-15H2,1-2H3,(H,24,28)(H,25,27). The number of rotatable bonds is 6. The Bertz CT molecular complexity index is 1070. The van der Waals surface area contributed by atoms with Crippen molar-refractivity contribution in [3.63, 3.8) is 0 Å². The van der Waals surface area contributed by atoms with Crippen molar-refractivity contribution < 1.29 is 22.4 Å². The Morgan fingerprint density at radius 2 is 1.87 bits per heavy atom. The van der Waals surface area contributed by atoms with Crippen LogP contribution in [0.2, 0.25) is 0 Å². The van der Waals surface area contributed by atoms with Crippen LogP contribution in [0.4, 0.5) is 10.1 Å². The maximum atomic E-state index is 13.3. The maximum Gasteiger partial charge on any atom is 0.243 e. The molecule has 1 unspecified atom stereocenters. The summed E-state index contributed by atoms with van der Waals surface area (Å²) in [4.78, 5) is 24.1. The van der Waals surface area contributed by atoms with E-state index in [-0.39, 0.29) is 35.6 Å². The SMILES string of the molecule is CC(=O)Nc1ccc(S(=O)(=O)N2CCCC(C)(C(=O)NCc3cccc(F)c3)C2)cc1. The molecule has 1 aliphatic heterocycles. The second kappa shape index (κ2) is 9.15. The number of nitrogens with zero attached hydrogens (tertiary/aromatic N) is 1. The summed E-state index contributed by atoms with van der Waals surface area (Å²) in [6.45, 7) is 3.66. The van der Waals surface area contributed by atoms with E-state index in [9.17, 15) is 22.4 Å². The lowest BCUT2D eigenvalue weighted by Crippen LogP contribution is -2.51. The summed E-state index contributed by atoms with van der Waals surface area (Å²) in [5, 5.41) is 5.40. The number of carbonyl (C=O) groups is 2. The summed E-state index contributed by atoms with van der Waals surface area (Å²) in [6.07, 6.45) is 1.10. The van der Waals surface area contributed by atoms with Crippen LogP contribution < -0.4 is 10.6 Å².